The van der Waals surface area contributed by atoms with Crippen LogP contribution in [0.1, 0.15) is 38.8 Å². The SMILES string of the molecule is Cc1ccc(CNC(C)CNC(=O)OC(C)(C)C)cc1[N+](=O)[O-]. The first-order chi connectivity index (χ1) is 10.6. The van der Waals surface area contributed by atoms with Crippen LogP contribution < -0.4 is 10.6 Å². The average Bonchev–Trinajstić information content (AvgIpc) is 2.42. The molecule has 0 spiro atoms. The highest BCUT2D eigenvalue weighted by molar-refractivity contribution is 5.67. The standard InChI is InChI=1S/C16H25N3O4/c1-11-6-7-13(8-14(11)19(21)22)10-17-12(2)9-18-15(20)23-16(3,4)5/h6-8,12,17H,9-10H2,1-5H3,(H,18,20). The second-order valence-corrected chi connectivity index (χ2v) is 6.54. The fraction of sp³-hybridized carbons (Fsp3) is 0.562. The molecule has 0 radical (unpaired) electrons. The van der Waals surface area contributed by atoms with Gasteiger partial charge in [-0.05, 0) is 40.2 Å². The number of carbonyl (C=O) groups is 1. The molecular formula is C16H25N3O4. The normalized spacial score (nSPS) is 12.6. The van der Waals surface area contributed by atoms with Crippen molar-refractivity contribution in [1.82, 2.24) is 10.6 Å². The van der Waals surface area contributed by atoms with Gasteiger partial charge >= 0.3 is 6.09 Å². The maximum Gasteiger partial charge on any atom is 0.407 e. The van der Waals surface area contributed by atoms with E-state index in [-0.39, 0.29) is 16.7 Å². The summed E-state index contributed by atoms with van der Waals surface area (Å²) in [5, 5.41) is 16.8. The largest absolute Gasteiger partial charge is 0.444 e. The monoisotopic (exact) mass is 323 g/mol. The van der Waals surface area contributed by atoms with E-state index < -0.39 is 11.7 Å². The Kier molecular flexibility index (Phi) is 6.50. The summed E-state index contributed by atoms with van der Waals surface area (Å²) in [6, 6.07) is 5.15. The lowest BCUT2D eigenvalue weighted by Crippen LogP contribution is -2.41. The van der Waals surface area contributed by atoms with Gasteiger partial charge in [0, 0.05) is 30.8 Å². The Labute approximate surface area is 136 Å². The molecule has 0 aliphatic rings. The molecule has 0 bridgehead atoms. The predicted molar refractivity (Wildman–Crippen MR) is 88.4 cm³/mol. The highest BCUT2D eigenvalue weighted by Crippen LogP contribution is 2.19. The van der Waals surface area contributed by atoms with Gasteiger partial charge in [0.15, 0.2) is 0 Å². The van der Waals surface area contributed by atoms with Crippen molar-refractivity contribution in [3.8, 4) is 0 Å². The number of amides is 1. The second kappa shape index (κ2) is 7.92. The molecule has 1 rings (SSSR count). The molecule has 0 heterocycles. The molecule has 1 amide bonds. The summed E-state index contributed by atoms with van der Waals surface area (Å²) in [5.41, 5.74) is 1.05. The number of carbonyl (C=O) groups excluding carboxylic acids is 1. The third-order valence-electron chi connectivity index (χ3n) is 3.08. The number of alkyl carbamates (subject to hydrolysis) is 1. The molecule has 7 heteroatoms. The van der Waals surface area contributed by atoms with Gasteiger partial charge in [0.25, 0.3) is 5.69 Å². The third-order valence-corrected chi connectivity index (χ3v) is 3.08. The maximum atomic E-state index is 11.6. The average molecular weight is 323 g/mol. The Morgan fingerprint density at radius 1 is 1.39 bits per heavy atom. The van der Waals surface area contributed by atoms with Gasteiger partial charge in [0.1, 0.15) is 5.60 Å². The van der Waals surface area contributed by atoms with Crippen LogP contribution in [0.2, 0.25) is 0 Å². The van der Waals surface area contributed by atoms with Gasteiger partial charge in [-0.25, -0.2) is 4.79 Å². The zero-order valence-electron chi connectivity index (χ0n) is 14.3. The van der Waals surface area contributed by atoms with Crippen LogP contribution in [0.4, 0.5) is 10.5 Å². The minimum Gasteiger partial charge on any atom is -0.444 e. The highest BCUT2D eigenvalue weighted by Gasteiger charge is 2.16. The number of hydrogen-bond acceptors (Lipinski definition) is 5. The topological polar surface area (TPSA) is 93.5 Å². The van der Waals surface area contributed by atoms with Gasteiger partial charge in [0.05, 0.1) is 4.92 Å². The molecule has 1 aromatic carbocycles. The minimum atomic E-state index is -0.526. The van der Waals surface area contributed by atoms with Crippen LogP contribution in [0.3, 0.4) is 0 Å². The Morgan fingerprint density at radius 2 is 2.04 bits per heavy atom. The van der Waals surface area contributed by atoms with Gasteiger partial charge in [-0.3, -0.25) is 10.1 Å². The van der Waals surface area contributed by atoms with Crippen LogP contribution in [0.25, 0.3) is 0 Å². The van der Waals surface area contributed by atoms with Crippen molar-refractivity contribution in [1.29, 1.82) is 0 Å². The Bertz CT molecular complexity index is 567. The molecule has 0 saturated heterocycles. The number of nitrogens with one attached hydrogen (secondary N) is 2. The van der Waals surface area contributed by atoms with Gasteiger partial charge in [-0.2, -0.15) is 0 Å². The summed E-state index contributed by atoms with van der Waals surface area (Å²) in [6.45, 7) is 9.93. The fourth-order valence-corrected chi connectivity index (χ4v) is 1.88. The van der Waals surface area contributed by atoms with E-state index in [1.54, 1.807) is 39.8 Å². The number of hydrogen-bond donors (Lipinski definition) is 2. The lowest BCUT2D eigenvalue weighted by atomic mass is 10.1. The van der Waals surface area contributed by atoms with Crippen molar-refractivity contribution in [2.45, 2.75) is 52.8 Å². The van der Waals surface area contributed by atoms with E-state index in [9.17, 15) is 14.9 Å². The lowest BCUT2D eigenvalue weighted by molar-refractivity contribution is -0.385. The Balaban J connectivity index is 2.45. The first-order valence-corrected chi connectivity index (χ1v) is 7.52. The molecule has 0 aliphatic heterocycles. The van der Waals surface area contributed by atoms with Gasteiger partial charge < -0.3 is 15.4 Å². The van der Waals surface area contributed by atoms with Crippen molar-refractivity contribution in [3.63, 3.8) is 0 Å². The minimum absolute atomic E-state index is 0.00266. The first-order valence-electron chi connectivity index (χ1n) is 7.52. The number of benzene rings is 1. The lowest BCUT2D eigenvalue weighted by Gasteiger charge is -2.21. The van der Waals surface area contributed by atoms with Crippen LogP contribution >= 0.6 is 0 Å². The van der Waals surface area contributed by atoms with E-state index in [1.165, 1.54) is 0 Å². The van der Waals surface area contributed by atoms with Crippen molar-refractivity contribution in [2.75, 3.05) is 6.54 Å². The summed E-state index contributed by atoms with van der Waals surface area (Å²) in [7, 11) is 0. The van der Waals surface area contributed by atoms with Crippen LogP contribution in [0.15, 0.2) is 18.2 Å². The quantitative estimate of drug-likeness (QED) is 0.620. The molecule has 1 atom stereocenters. The van der Waals surface area contributed by atoms with Gasteiger partial charge in [-0.1, -0.05) is 12.1 Å². The summed E-state index contributed by atoms with van der Waals surface area (Å²) in [6.07, 6.45) is -0.461. The number of ether oxygens (including phenoxy) is 1. The maximum absolute atomic E-state index is 11.6. The van der Waals surface area contributed by atoms with E-state index in [0.29, 0.717) is 18.7 Å². The molecule has 23 heavy (non-hydrogen) atoms. The zero-order chi connectivity index (χ0) is 17.6. The van der Waals surface area contributed by atoms with E-state index in [4.69, 9.17) is 4.74 Å². The van der Waals surface area contributed by atoms with E-state index >= 15 is 0 Å². The molecule has 2 N–H and O–H groups in total. The Hall–Kier alpha value is -2.15. The summed E-state index contributed by atoms with van der Waals surface area (Å²) >= 11 is 0. The smallest absolute Gasteiger partial charge is 0.407 e. The molecule has 7 nitrogen and oxygen atoms in total. The van der Waals surface area contributed by atoms with E-state index in [1.807, 2.05) is 13.0 Å². The molecule has 0 fully saturated rings. The van der Waals surface area contributed by atoms with Gasteiger partial charge in [0.2, 0.25) is 0 Å². The third kappa shape index (κ3) is 7.10. The predicted octanol–water partition coefficient (Wildman–Crippen LogP) is 2.91. The molecule has 128 valence electrons. The highest BCUT2D eigenvalue weighted by atomic mass is 16.6. The van der Waals surface area contributed by atoms with Crippen LogP contribution in [0.5, 0.6) is 0 Å². The van der Waals surface area contributed by atoms with Crippen LogP contribution in [-0.2, 0) is 11.3 Å². The Morgan fingerprint density at radius 3 is 2.61 bits per heavy atom. The van der Waals surface area contributed by atoms with Crippen molar-refractivity contribution < 1.29 is 14.5 Å². The van der Waals surface area contributed by atoms with Crippen molar-refractivity contribution >= 4 is 11.8 Å². The molecule has 1 unspecified atom stereocenters. The number of nitro groups is 1. The van der Waals surface area contributed by atoms with Crippen molar-refractivity contribution in [3.05, 3.63) is 39.4 Å². The van der Waals surface area contributed by atoms with E-state index in [2.05, 4.69) is 10.6 Å². The van der Waals surface area contributed by atoms with Crippen LogP contribution in [-0.4, -0.2) is 29.2 Å². The second-order valence-electron chi connectivity index (χ2n) is 6.54. The molecular weight excluding hydrogens is 298 g/mol. The molecule has 0 saturated carbocycles. The van der Waals surface area contributed by atoms with E-state index in [0.717, 1.165) is 5.56 Å². The number of aryl methyl sites for hydroxylation is 1. The molecule has 0 aliphatic carbocycles. The van der Waals surface area contributed by atoms with Crippen molar-refractivity contribution in [2.24, 2.45) is 0 Å². The first kappa shape index (κ1) is 18.9. The molecule has 1 aromatic rings. The number of rotatable bonds is 6. The zero-order valence-corrected chi connectivity index (χ0v) is 14.3. The molecule has 0 aromatic heterocycles. The van der Waals surface area contributed by atoms with Crippen LogP contribution in [0, 0.1) is 17.0 Å². The van der Waals surface area contributed by atoms with Gasteiger partial charge in [-0.15, -0.1) is 0 Å². The fourth-order valence-electron chi connectivity index (χ4n) is 1.88. The number of nitro benzene ring substituents is 1. The summed E-state index contributed by atoms with van der Waals surface area (Å²) < 4.78 is 5.15. The number of nitrogens with zero attached hydrogens (tertiary/aromatic N) is 1. The summed E-state index contributed by atoms with van der Waals surface area (Å²) in [4.78, 5) is 22.1. The summed E-state index contributed by atoms with van der Waals surface area (Å²) in [5.74, 6) is 0.